The minimum atomic E-state index is -1.11. The lowest BCUT2D eigenvalue weighted by molar-refractivity contribution is -0.0666. The second kappa shape index (κ2) is 9.71. The van der Waals surface area contributed by atoms with Crippen LogP contribution in [0.2, 0.25) is 4.34 Å². The molecule has 2 aromatic heterocycles. The topological polar surface area (TPSA) is 104 Å². The van der Waals surface area contributed by atoms with Crippen molar-refractivity contribution in [1.82, 2.24) is 20.1 Å². The highest BCUT2D eigenvalue weighted by molar-refractivity contribution is 7.18. The molecule has 3 aromatic rings. The Balaban J connectivity index is 1.49. The van der Waals surface area contributed by atoms with Crippen LogP contribution in [0, 0.1) is 0 Å². The lowest BCUT2D eigenvalue weighted by atomic mass is 10.1. The number of amides is 2. The number of nitrogens with zero attached hydrogens (tertiary/aromatic N) is 2. The first-order valence-electron chi connectivity index (χ1n) is 10.7. The van der Waals surface area contributed by atoms with E-state index in [2.05, 4.69) is 10.6 Å². The van der Waals surface area contributed by atoms with Gasteiger partial charge in [0.1, 0.15) is 5.72 Å². The fraction of sp³-hybridized carbons (Fsp3) is 0.292. The van der Waals surface area contributed by atoms with Crippen molar-refractivity contribution < 1.29 is 14.7 Å². The largest absolute Gasteiger partial charge is 0.376 e. The number of aliphatic hydroxyl groups is 1. The maximum atomic E-state index is 13.0. The number of benzene rings is 1. The second-order valence-corrected chi connectivity index (χ2v) is 10.3. The van der Waals surface area contributed by atoms with Crippen LogP contribution in [-0.2, 0) is 0 Å². The average molecular weight is 501 g/mol. The van der Waals surface area contributed by atoms with Gasteiger partial charge >= 0.3 is 0 Å². The van der Waals surface area contributed by atoms with E-state index in [1.54, 1.807) is 73.5 Å². The highest BCUT2D eigenvalue weighted by Crippen LogP contribution is 2.23. The number of likely N-dealkylation sites (tertiary alicyclic amines) is 1. The van der Waals surface area contributed by atoms with Gasteiger partial charge in [-0.05, 0) is 56.3 Å². The van der Waals surface area contributed by atoms with Crippen LogP contribution in [0.1, 0.15) is 33.9 Å². The summed E-state index contributed by atoms with van der Waals surface area (Å²) in [4.78, 5) is 40.0. The molecule has 0 aliphatic carbocycles. The summed E-state index contributed by atoms with van der Waals surface area (Å²) in [6.07, 6.45) is 1.66. The average Bonchev–Trinajstić information content (AvgIpc) is 3.40. The molecule has 1 aliphatic rings. The van der Waals surface area contributed by atoms with Crippen LogP contribution in [0.25, 0.3) is 5.69 Å². The van der Waals surface area contributed by atoms with E-state index >= 15 is 0 Å². The zero-order chi connectivity index (χ0) is 24.5. The number of rotatable bonds is 6. The molecule has 0 radical (unpaired) electrons. The van der Waals surface area contributed by atoms with Gasteiger partial charge in [0.25, 0.3) is 17.4 Å². The molecule has 2 atom stereocenters. The highest BCUT2D eigenvalue weighted by Gasteiger charge is 2.40. The molecular weight excluding hydrogens is 476 g/mol. The third-order valence-electron chi connectivity index (χ3n) is 5.75. The fourth-order valence-corrected chi connectivity index (χ4v) is 4.83. The van der Waals surface area contributed by atoms with Gasteiger partial charge in [0.15, 0.2) is 0 Å². The monoisotopic (exact) mass is 500 g/mol. The van der Waals surface area contributed by atoms with Gasteiger partial charge in [-0.2, -0.15) is 0 Å². The number of carbonyl (C=O) groups is 2. The predicted molar refractivity (Wildman–Crippen MR) is 132 cm³/mol. The molecule has 3 heterocycles. The van der Waals surface area contributed by atoms with Gasteiger partial charge in [0.05, 0.1) is 21.3 Å². The van der Waals surface area contributed by atoms with Crippen molar-refractivity contribution in [1.29, 1.82) is 0 Å². The van der Waals surface area contributed by atoms with Crippen molar-refractivity contribution in [3.8, 4) is 5.69 Å². The van der Waals surface area contributed by atoms with E-state index in [4.69, 9.17) is 11.6 Å². The van der Waals surface area contributed by atoms with Crippen molar-refractivity contribution in [2.45, 2.75) is 31.7 Å². The number of aromatic nitrogens is 1. The molecular formula is C24H25ClN4O4S. The zero-order valence-corrected chi connectivity index (χ0v) is 20.3. The maximum Gasteiger partial charge on any atom is 0.261 e. The van der Waals surface area contributed by atoms with E-state index in [-0.39, 0.29) is 17.4 Å². The molecule has 34 heavy (non-hydrogen) atoms. The van der Waals surface area contributed by atoms with E-state index in [9.17, 15) is 19.5 Å². The molecule has 4 rings (SSSR count). The van der Waals surface area contributed by atoms with Crippen LogP contribution in [0.15, 0.2) is 65.6 Å². The number of pyridine rings is 1. The van der Waals surface area contributed by atoms with Gasteiger partial charge in [-0.15, -0.1) is 11.3 Å². The molecule has 0 spiro atoms. The lowest BCUT2D eigenvalue weighted by Crippen LogP contribution is -2.50. The number of thiophene rings is 1. The van der Waals surface area contributed by atoms with Crippen LogP contribution in [-0.4, -0.2) is 57.3 Å². The molecule has 1 aliphatic heterocycles. The SMILES string of the molecule is CC(C)(O)N1C[C@H](NC(=O)c2ccc(-n3ccccc3=O)cc2)[C@H](NC(=O)c2ccc(Cl)s2)C1. The minimum Gasteiger partial charge on any atom is -0.376 e. The molecule has 1 saturated heterocycles. The van der Waals surface area contributed by atoms with E-state index in [1.807, 2.05) is 0 Å². The summed E-state index contributed by atoms with van der Waals surface area (Å²) < 4.78 is 2.00. The lowest BCUT2D eigenvalue weighted by Gasteiger charge is -2.29. The minimum absolute atomic E-state index is 0.164. The number of carbonyl (C=O) groups excluding carboxylic acids is 2. The molecule has 0 unspecified atom stereocenters. The van der Waals surface area contributed by atoms with Gasteiger partial charge in [-0.3, -0.25) is 23.9 Å². The Hall–Kier alpha value is -2.98. The number of halogens is 1. The molecule has 0 bridgehead atoms. The van der Waals surface area contributed by atoms with Crippen molar-refractivity contribution in [2.24, 2.45) is 0 Å². The Morgan fingerprint density at radius 3 is 2.21 bits per heavy atom. The zero-order valence-electron chi connectivity index (χ0n) is 18.7. The summed E-state index contributed by atoms with van der Waals surface area (Å²) in [5.41, 5.74) is -0.206. The first-order valence-corrected chi connectivity index (χ1v) is 11.9. The molecule has 0 saturated carbocycles. The third-order valence-corrected chi connectivity index (χ3v) is 6.98. The van der Waals surface area contributed by atoms with Gasteiger partial charge in [-0.1, -0.05) is 17.7 Å². The van der Waals surface area contributed by atoms with Crippen LogP contribution in [0.5, 0.6) is 0 Å². The van der Waals surface area contributed by atoms with Crippen molar-refractivity contribution in [2.75, 3.05) is 13.1 Å². The standard InChI is InChI=1S/C24H25ClN4O4S/c1-24(2,33)28-13-17(18(14-28)27-23(32)19-10-11-20(25)34-19)26-22(31)15-6-8-16(9-7-15)29-12-4-3-5-21(29)30/h3-12,17-18,33H,13-14H2,1-2H3,(H,26,31)(H,27,32)/t17-,18+/m0/s1. The second-order valence-electron chi connectivity index (χ2n) is 8.62. The normalized spacial score (nSPS) is 18.6. The van der Waals surface area contributed by atoms with E-state index < -0.39 is 17.8 Å². The molecule has 3 N–H and O–H groups in total. The number of hydrogen-bond acceptors (Lipinski definition) is 6. The Labute approximate surface area is 205 Å². The summed E-state index contributed by atoms with van der Waals surface area (Å²) in [7, 11) is 0. The molecule has 8 nitrogen and oxygen atoms in total. The Morgan fingerprint density at radius 1 is 1.00 bits per heavy atom. The van der Waals surface area contributed by atoms with Crippen molar-refractivity contribution >= 4 is 34.8 Å². The smallest absolute Gasteiger partial charge is 0.261 e. The Bertz CT molecular complexity index is 1250. The van der Waals surface area contributed by atoms with Gasteiger partial charge < -0.3 is 15.7 Å². The predicted octanol–water partition coefficient (Wildman–Crippen LogP) is 2.49. The first kappa shape index (κ1) is 24.2. The Kier molecular flexibility index (Phi) is 6.90. The van der Waals surface area contributed by atoms with Crippen LogP contribution in [0.4, 0.5) is 0 Å². The Morgan fingerprint density at radius 2 is 1.65 bits per heavy atom. The number of hydrogen-bond donors (Lipinski definition) is 3. The van der Waals surface area contributed by atoms with E-state index in [0.717, 1.165) is 0 Å². The molecule has 10 heteroatoms. The molecule has 2 amide bonds. The van der Waals surface area contributed by atoms with Gasteiger partial charge in [-0.25, -0.2) is 0 Å². The van der Waals surface area contributed by atoms with Crippen molar-refractivity contribution in [3.05, 3.63) is 85.9 Å². The summed E-state index contributed by atoms with van der Waals surface area (Å²) in [5.74, 6) is -0.593. The molecule has 1 fully saturated rings. The number of nitrogens with one attached hydrogen (secondary N) is 2. The fourth-order valence-electron chi connectivity index (χ4n) is 3.88. The van der Waals surface area contributed by atoms with E-state index in [0.29, 0.717) is 33.6 Å². The van der Waals surface area contributed by atoms with Gasteiger partial charge in [0.2, 0.25) is 0 Å². The molecule has 178 valence electrons. The summed E-state index contributed by atoms with van der Waals surface area (Å²) >= 11 is 7.13. The van der Waals surface area contributed by atoms with Crippen LogP contribution >= 0.6 is 22.9 Å². The third kappa shape index (κ3) is 5.39. The quantitative estimate of drug-likeness (QED) is 0.482. The summed E-state index contributed by atoms with van der Waals surface area (Å²) in [6, 6.07) is 14.1. The summed E-state index contributed by atoms with van der Waals surface area (Å²) in [5, 5.41) is 16.4. The van der Waals surface area contributed by atoms with Gasteiger partial charge in [0, 0.05) is 36.6 Å². The van der Waals surface area contributed by atoms with Crippen LogP contribution < -0.4 is 16.2 Å². The van der Waals surface area contributed by atoms with Crippen molar-refractivity contribution in [3.63, 3.8) is 0 Å². The van der Waals surface area contributed by atoms with Crippen LogP contribution in [0.3, 0.4) is 0 Å². The highest BCUT2D eigenvalue weighted by atomic mass is 35.5. The first-order chi connectivity index (χ1) is 16.1. The molecule has 1 aromatic carbocycles. The summed E-state index contributed by atoms with van der Waals surface area (Å²) in [6.45, 7) is 4.07. The van der Waals surface area contributed by atoms with E-state index in [1.165, 1.54) is 22.0 Å². The maximum absolute atomic E-state index is 13.0.